The van der Waals surface area contributed by atoms with Crippen molar-refractivity contribution in [1.29, 1.82) is 0 Å². The summed E-state index contributed by atoms with van der Waals surface area (Å²) in [6, 6.07) is 0. The summed E-state index contributed by atoms with van der Waals surface area (Å²) in [7, 11) is 0. The second kappa shape index (κ2) is 8.77. The van der Waals surface area contributed by atoms with Crippen LogP contribution in [0, 0.1) is 0 Å². The standard InChI is InChI=1S/C3H9N3S.2BrH/c1-2(4)6-3(5)7;;/h2H,4H2,1H3,(H3,5,6,7);2*1H. The van der Waals surface area contributed by atoms with Gasteiger partial charge in [0.05, 0.1) is 6.17 Å². The van der Waals surface area contributed by atoms with Crippen molar-refractivity contribution in [2.75, 3.05) is 0 Å². The molecule has 0 saturated carbocycles. The fourth-order valence-corrected chi connectivity index (χ4v) is 0.440. The van der Waals surface area contributed by atoms with Gasteiger partial charge in [0.15, 0.2) is 0 Å². The highest BCUT2D eigenvalue weighted by molar-refractivity contribution is 8.93. The number of nitrogens with two attached hydrogens (primary N) is 1. The summed E-state index contributed by atoms with van der Waals surface area (Å²) in [5, 5.41) is 3.20. The van der Waals surface area contributed by atoms with Crippen LogP contribution in [-0.2, 0) is 0 Å². The molecule has 0 spiro atoms. The van der Waals surface area contributed by atoms with E-state index in [1.54, 1.807) is 6.92 Å². The fraction of sp³-hybridized carbons (Fsp3) is 0.667. The normalized spacial score (nSPS) is 10.1. The lowest BCUT2D eigenvalue weighted by Crippen LogP contribution is -3.00. The maximum Gasteiger partial charge on any atom is 0.266 e. The average molecular weight is 281 g/mol. The molecule has 0 aliphatic carbocycles. The van der Waals surface area contributed by atoms with Gasteiger partial charge in [-0.1, -0.05) is 0 Å². The molecule has 1 unspecified atom stereocenters. The summed E-state index contributed by atoms with van der Waals surface area (Å²) in [6.45, 7) is 1.80. The fourth-order valence-electron chi connectivity index (χ4n) is 0.254. The van der Waals surface area contributed by atoms with E-state index in [0.717, 1.165) is 0 Å². The number of quaternary nitrogens is 1. The number of thiocarbonyl (C=S) groups is 1. The summed E-state index contributed by atoms with van der Waals surface area (Å²) >= 11 is 4.57. The van der Waals surface area contributed by atoms with Gasteiger partial charge in [0, 0.05) is 12.2 Å². The molecule has 0 saturated heterocycles. The number of rotatable bonds is 1. The molecular weight excluding hydrogens is 270 g/mol. The number of hydrogen-bond donors (Lipinski definition) is 3. The zero-order valence-corrected chi connectivity index (χ0v) is 9.17. The topological polar surface area (TPSA) is 65.7 Å². The first-order chi connectivity index (χ1) is 3.13. The molecule has 0 fully saturated rings. The molecule has 9 heavy (non-hydrogen) atoms. The average Bonchev–Trinajstić information content (AvgIpc) is 1.27. The summed E-state index contributed by atoms with van der Waals surface area (Å²) in [6.07, 6.45) is -0.0787. The molecule has 58 valence electrons. The minimum absolute atomic E-state index is 0. The van der Waals surface area contributed by atoms with Crippen molar-refractivity contribution in [3.8, 4) is 0 Å². The van der Waals surface area contributed by atoms with Crippen LogP contribution in [-0.4, -0.2) is 11.3 Å². The lowest BCUT2D eigenvalue weighted by atomic mass is 10.6. The van der Waals surface area contributed by atoms with Crippen LogP contribution in [0.3, 0.4) is 0 Å². The maximum atomic E-state index is 5.25. The first-order valence-corrected chi connectivity index (χ1v) is 2.42. The first kappa shape index (κ1) is 16.4. The van der Waals surface area contributed by atoms with E-state index in [9.17, 15) is 0 Å². The van der Waals surface area contributed by atoms with E-state index in [4.69, 9.17) is 5.73 Å². The van der Waals surface area contributed by atoms with Crippen LogP contribution in [0.15, 0.2) is 0 Å². The minimum Gasteiger partial charge on any atom is -1.00 e. The third kappa shape index (κ3) is 17.7. The van der Waals surface area contributed by atoms with E-state index >= 15 is 0 Å². The highest BCUT2D eigenvalue weighted by Gasteiger charge is 1.91. The van der Waals surface area contributed by atoms with Gasteiger partial charge >= 0.3 is 0 Å². The van der Waals surface area contributed by atoms with Gasteiger partial charge in [-0.2, -0.15) is 0 Å². The predicted octanol–water partition coefficient (Wildman–Crippen LogP) is -4.01. The molecule has 0 aliphatic rings. The van der Waals surface area contributed by atoms with E-state index in [1.807, 2.05) is 0 Å². The number of hydrogen-bond acceptors (Lipinski definition) is 2. The van der Waals surface area contributed by atoms with Crippen LogP contribution in [0.1, 0.15) is 6.92 Å². The van der Waals surface area contributed by atoms with Crippen molar-refractivity contribution < 1.29 is 22.7 Å². The van der Waals surface area contributed by atoms with Crippen LogP contribution >= 0.6 is 29.2 Å². The largest absolute Gasteiger partial charge is 1.00 e. The Morgan fingerprint density at radius 3 is 2.11 bits per heavy atom. The quantitative estimate of drug-likeness (QED) is 0.339. The summed E-state index contributed by atoms with van der Waals surface area (Å²) in [5.74, 6) is 0. The molecular formula is C3H11Br2N3S. The zero-order chi connectivity index (χ0) is 5.86. The van der Waals surface area contributed by atoms with Crippen molar-refractivity contribution >= 4 is 34.3 Å². The van der Waals surface area contributed by atoms with Crippen molar-refractivity contribution in [2.24, 2.45) is 5.73 Å². The van der Waals surface area contributed by atoms with E-state index in [2.05, 4.69) is 23.3 Å². The van der Waals surface area contributed by atoms with Crippen molar-refractivity contribution in [3.63, 3.8) is 0 Å². The molecule has 0 rings (SSSR count). The van der Waals surface area contributed by atoms with Crippen molar-refractivity contribution in [2.45, 2.75) is 13.1 Å². The van der Waals surface area contributed by atoms with Crippen LogP contribution in [0.2, 0.25) is 0 Å². The molecule has 6 heteroatoms. The number of halogens is 2. The molecule has 0 aromatic carbocycles. The third-order valence-electron chi connectivity index (χ3n) is 0.389. The monoisotopic (exact) mass is 279 g/mol. The van der Waals surface area contributed by atoms with Gasteiger partial charge in [0.1, 0.15) is 0 Å². The smallest absolute Gasteiger partial charge is 0.266 e. The van der Waals surface area contributed by atoms with E-state index < -0.39 is 0 Å². The Morgan fingerprint density at radius 2 is 2.11 bits per heavy atom. The van der Waals surface area contributed by atoms with Crippen LogP contribution in [0.5, 0.6) is 0 Å². The van der Waals surface area contributed by atoms with Crippen LogP contribution in [0.4, 0.5) is 0 Å². The van der Waals surface area contributed by atoms with E-state index in [-0.39, 0.29) is 40.1 Å². The second-order valence-corrected chi connectivity index (χ2v) is 1.85. The highest BCUT2D eigenvalue weighted by Crippen LogP contribution is 1.60. The molecule has 0 aliphatic heterocycles. The molecule has 0 aromatic heterocycles. The zero-order valence-electron chi connectivity index (χ0n) is 5.06. The van der Waals surface area contributed by atoms with Crippen molar-refractivity contribution in [1.82, 2.24) is 5.32 Å². The lowest BCUT2D eigenvalue weighted by Gasteiger charge is -2.01. The Morgan fingerprint density at radius 1 is 1.78 bits per heavy atom. The lowest BCUT2D eigenvalue weighted by molar-refractivity contribution is -0.215. The van der Waals surface area contributed by atoms with Crippen LogP contribution in [0.25, 0.3) is 0 Å². The Bertz CT molecular complexity index is 77.5. The summed E-state index contributed by atoms with van der Waals surface area (Å²) in [5.41, 5.74) is 8.67. The van der Waals surface area contributed by atoms with Gasteiger partial charge < -0.3 is 33.8 Å². The van der Waals surface area contributed by atoms with Gasteiger partial charge in [0.2, 0.25) is 0 Å². The molecule has 1 atom stereocenters. The van der Waals surface area contributed by atoms with Crippen molar-refractivity contribution in [3.05, 3.63) is 0 Å². The van der Waals surface area contributed by atoms with Gasteiger partial charge in [-0.25, -0.2) is 0 Å². The molecule has 3 nitrogen and oxygen atoms in total. The van der Waals surface area contributed by atoms with Gasteiger partial charge in [-0.15, -0.1) is 17.0 Å². The molecule has 0 heterocycles. The Balaban J connectivity index is -0.000000180. The Hall–Kier alpha value is 0.770. The Labute approximate surface area is 81.1 Å². The summed E-state index contributed by atoms with van der Waals surface area (Å²) in [4.78, 5) is 0. The summed E-state index contributed by atoms with van der Waals surface area (Å²) < 4.78 is 0. The SMILES string of the molecule is Br.CC(N)NC([NH3+])=S.[Br-]. The van der Waals surface area contributed by atoms with E-state index in [0.29, 0.717) is 5.11 Å². The predicted molar refractivity (Wildman–Crippen MR) is 42.6 cm³/mol. The van der Waals surface area contributed by atoms with E-state index in [1.165, 1.54) is 0 Å². The highest BCUT2D eigenvalue weighted by atomic mass is 79.9. The molecule has 0 aromatic rings. The second-order valence-electron chi connectivity index (χ2n) is 1.36. The van der Waals surface area contributed by atoms with Gasteiger partial charge in [-0.05, 0) is 6.92 Å². The molecule has 0 amide bonds. The first-order valence-electron chi connectivity index (χ1n) is 2.01. The molecule has 6 N–H and O–H groups in total. The third-order valence-corrected chi connectivity index (χ3v) is 0.507. The molecule has 0 bridgehead atoms. The number of nitrogens with one attached hydrogen (secondary N) is 1. The Kier molecular flexibility index (Phi) is 16.0. The van der Waals surface area contributed by atoms with Gasteiger partial charge in [-0.3, -0.25) is 0 Å². The van der Waals surface area contributed by atoms with Crippen LogP contribution < -0.4 is 33.8 Å². The minimum atomic E-state index is -0.0787. The molecule has 0 radical (unpaired) electrons. The van der Waals surface area contributed by atoms with Gasteiger partial charge in [0.25, 0.3) is 5.11 Å². The maximum absolute atomic E-state index is 5.25.